The van der Waals surface area contributed by atoms with Crippen LogP contribution in [-0.4, -0.2) is 53.6 Å². The highest BCUT2D eigenvalue weighted by molar-refractivity contribution is 5.46. The molecule has 0 radical (unpaired) electrons. The number of fused-ring (bicyclic) bond motifs is 1. The van der Waals surface area contributed by atoms with Crippen LogP contribution in [0.15, 0.2) is 42.5 Å². The van der Waals surface area contributed by atoms with Crippen molar-refractivity contribution >= 4 is 5.69 Å². The number of nitro groups is 1. The SMILES string of the molecule is O=[N+]([O-])c1ccc(Oc2ccc3c(c2)OCCC3N2CCN(C3CCCCC3)CC2)cc1. The van der Waals surface area contributed by atoms with Crippen molar-refractivity contribution in [3.63, 3.8) is 0 Å². The Morgan fingerprint density at radius 2 is 1.56 bits per heavy atom. The van der Waals surface area contributed by atoms with E-state index in [9.17, 15) is 10.1 Å². The molecule has 3 aliphatic rings. The summed E-state index contributed by atoms with van der Waals surface area (Å²) in [6.45, 7) is 5.27. The van der Waals surface area contributed by atoms with E-state index in [4.69, 9.17) is 9.47 Å². The molecule has 2 aliphatic heterocycles. The Balaban J connectivity index is 1.24. The van der Waals surface area contributed by atoms with Gasteiger partial charge in [0.25, 0.3) is 5.69 Å². The number of nitro benzene ring substituents is 1. The number of non-ortho nitro benzene ring substituents is 1. The van der Waals surface area contributed by atoms with Crippen molar-refractivity contribution in [2.24, 2.45) is 0 Å². The molecule has 2 fully saturated rings. The van der Waals surface area contributed by atoms with E-state index in [1.54, 1.807) is 12.1 Å². The monoisotopic (exact) mass is 437 g/mol. The fourth-order valence-electron chi connectivity index (χ4n) is 5.43. The van der Waals surface area contributed by atoms with Crippen molar-refractivity contribution in [3.8, 4) is 17.2 Å². The van der Waals surface area contributed by atoms with Crippen LogP contribution < -0.4 is 9.47 Å². The maximum Gasteiger partial charge on any atom is 0.269 e. The lowest BCUT2D eigenvalue weighted by atomic mass is 9.93. The smallest absolute Gasteiger partial charge is 0.269 e. The van der Waals surface area contributed by atoms with Gasteiger partial charge in [-0.2, -0.15) is 0 Å². The maximum atomic E-state index is 10.8. The number of hydrogen-bond acceptors (Lipinski definition) is 6. The molecule has 1 unspecified atom stereocenters. The fourth-order valence-corrected chi connectivity index (χ4v) is 5.43. The predicted molar refractivity (Wildman–Crippen MR) is 122 cm³/mol. The highest BCUT2D eigenvalue weighted by atomic mass is 16.6. The minimum absolute atomic E-state index is 0.0533. The summed E-state index contributed by atoms with van der Waals surface area (Å²) >= 11 is 0. The highest BCUT2D eigenvalue weighted by Gasteiger charge is 2.32. The molecule has 0 N–H and O–H groups in total. The number of rotatable bonds is 5. The van der Waals surface area contributed by atoms with Crippen LogP contribution in [-0.2, 0) is 0 Å². The Hall–Kier alpha value is -2.64. The molecule has 7 nitrogen and oxygen atoms in total. The van der Waals surface area contributed by atoms with Crippen LogP contribution in [0.3, 0.4) is 0 Å². The van der Waals surface area contributed by atoms with Crippen LogP contribution in [0.4, 0.5) is 5.69 Å². The van der Waals surface area contributed by atoms with E-state index in [2.05, 4.69) is 15.9 Å². The summed E-state index contributed by atoms with van der Waals surface area (Å²) in [5.41, 5.74) is 1.29. The van der Waals surface area contributed by atoms with Gasteiger partial charge in [-0.15, -0.1) is 0 Å². The largest absolute Gasteiger partial charge is 0.493 e. The van der Waals surface area contributed by atoms with Gasteiger partial charge in [0.05, 0.1) is 11.5 Å². The molecule has 2 aromatic carbocycles. The number of piperazine rings is 1. The van der Waals surface area contributed by atoms with Crippen LogP contribution in [0.1, 0.15) is 50.1 Å². The van der Waals surface area contributed by atoms with Gasteiger partial charge < -0.3 is 9.47 Å². The zero-order valence-electron chi connectivity index (χ0n) is 18.4. The van der Waals surface area contributed by atoms with Crippen molar-refractivity contribution in [2.45, 2.75) is 50.6 Å². The normalized spacial score (nSPS) is 22.7. The number of nitrogens with zero attached hydrogens (tertiary/aromatic N) is 3. The van der Waals surface area contributed by atoms with Crippen LogP contribution in [0.25, 0.3) is 0 Å². The Labute approximate surface area is 189 Å². The second kappa shape index (κ2) is 9.46. The van der Waals surface area contributed by atoms with E-state index in [1.165, 1.54) is 62.9 Å². The second-order valence-corrected chi connectivity index (χ2v) is 9.07. The third-order valence-electron chi connectivity index (χ3n) is 7.16. The zero-order valence-corrected chi connectivity index (χ0v) is 18.4. The van der Waals surface area contributed by atoms with Crippen LogP contribution in [0.2, 0.25) is 0 Å². The van der Waals surface area contributed by atoms with Gasteiger partial charge in [-0.1, -0.05) is 25.3 Å². The molecule has 0 amide bonds. The lowest BCUT2D eigenvalue weighted by Gasteiger charge is -2.44. The molecule has 2 aromatic rings. The molecular formula is C25H31N3O4. The van der Waals surface area contributed by atoms with Gasteiger partial charge in [-0.05, 0) is 31.0 Å². The van der Waals surface area contributed by atoms with Gasteiger partial charge in [0.1, 0.15) is 17.2 Å². The molecule has 2 heterocycles. The first-order valence-corrected chi connectivity index (χ1v) is 11.8. The van der Waals surface area contributed by atoms with Crippen molar-refractivity contribution < 1.29 is 14.4 Å². The first-order valence-electron chi connectivity index (χ1n) is 11.8. The first-order chi connectivity index (χ1) is 15.7. The third kappa shape index (κ3) is 4.59. The summed E-state index contributed by atoms with van der Waals surface area (Å²) in [4.78, 5) is 15.8. The number of ether oxygens (including phenoxy) is 2. The zero-order chi connectivity index (χ0) is 21.9. The van der Waals surface area contributed by atoms with Crippen LogP contribution >= 0.6 is 0 Å². The summed E-state index contributed by atoms with van der Waals surface area (Å²) in [5, 5.41) is 10.8. The molecule has 0 spiro atoms. The van der Waals surface area contributed by atoms with E-state index >= 15 is 0 Å². The minimum Gasteiger partial charge on any atom is -0.493 e. The van der Waals surface area contributed by atoms with Gasteiger partial charge >= 0.3 is 0 Å². The summed E-state index contributed by atoms with van der Waals surface area (Å²) < 4.78 is 11.9. The lowest BCUT2D eigenvalue weighted by Crippen LogP contribution is -2.52. The van der Waals surface area contributed by atoms with Crippen molar-refractivity contribution in [3.05, 3.63) is 58.1 Å². The van der Waals surface area contributed by atoms with Gasteiger partial charge in [0.15, 0.2) is 0 Å². The van der Waals surface area contributed by atoms with Crippen molar-refractivity contribution in [1.29, 1.82) is 0 Å². The highest BCUT2D eigenvalue weighted by Crippen LogP contribution is 2.39. The Kier molecular flexibility index (Phi) is 6.28. The Bertz CT molecular complexity index is 935. The molecule has 1 atom stereocenters. The van der Waals surface area contributed by atoms with Crippen LogP contribution in [0.5, 0.6) is 17.2 Å². The molecule has 32 heavy (non-hydrogen) atoms. The fraction of sp³-hybridized carbons (Fsp3) is 0.520. The molecule has 5 rings (SSSR count). The summed E-state index contributed by atoms with van der Waals surface area (Å²) in [7, 11) is 0. The van der Waals surface area contributed by atoms with Gasteiger partial charge in [-0.3, -0.25) is 19.9 Å². The average molecular weight is 438 g/mol. The van der Waals surface area contributed by atoms with Gasteiger partial charge in [0, 0.05) is 68.4 Å². The quantitative estimate of drug-likeness (QED) is 0.475. The Morgan fingerprint density at radius 1 is 0.875 bits per heavy atom. The third-order valence-corrected chi connectivity index (χ3v) is 7.16. The summed E-state index contributed by atoms with van der Waals surface area (Å²) in [5.74, 6) is 2.14. The van der Waals surface area contributed by atoms with E-state index in [1.807, 2.05) is 12.1 Å². The molecule has 170 valence electrons. The predicted octanol–water partition coefficient (Wildman–Crippen LogP) is 5.16. The Morgan fingerprint density at radius 3 is 2.28 bits per heavy atom. The molecule has 7 heteroatoms. The minimum atomic E-state index is -0.411. The summed E-state index contributed by atoms with van der Waals surface area (Å²) in [6.07, 6.45) is 7.95. The van der Waals surface area contributed by atoms with Crippen molar-refractivity contribution in [2.75, 3.05) is 32.8 Å². The average Bonchev–Trinajstić information content (AvgIpc) is 2.84. The molecule has 0 aromatic heterocycles. The topological polar surface area (TPSA) is 68.1 Å². The second-order valence-electron chi connectivity index (χ2n) is 9.07. The molecule has 1 saturated carbocycles. The number of hydrogen-bond donors (Lipinski definition) is 0. The molecule has 1 aliphatic carbocycles. The van der Waals surface area contributed by atoms with E-state index in [0.29, 0.717) is 24.1 Å². The van der Waals surface area contributed by atoms with Crippen molar-refractivity contribution in [1.82, 2.24) is 9.80 Å². The molecule has 0 bridgehead atoms. The lowest BCUT2D eigenvalue weighted by molar-refractivity contribution is -0.384. The van der Waals surface area contributed by atoms with Gasteiger partial charge in [0.2, 0.25) is 0 Å². The number of benzene rings is 2. The van der Waals surface area contributed by atoms with E-state index in [-0.39, 0.29) is 5.69 Å². The summed E-state index contributed by atoms with van der Waals surface area (Å²) in [6, 6.07) is 13.4. The standard InChI is InChI=1S/C25H31N3O4/c29-28(30)20-6-8-21(9-7-20)32-22-10-11-23-24(12-17-31-25(23)18-22)27-15-13-26(14-16-27)19-4-2-1-3-5-19/h6-11,18-19,24H,1-5,12-17H2. The van der Waals surface area contributed by atoms with E-state index in [0.717, 1.165) is 31.3 Å². The van der Waals surface area contributed by atoms with E-state index < -0.39 is 4.92 Å². The van der Waals surface area contributed by atoms with Crippen LogP contribution in [0, 0.1) is 10.1 Å². The molecule has 1 saturated heterocycles. The van der Waals surface area contributed by atoms with Gasteiger partial charge in [-0.25, -0.2) is 0 Å². The first kappa shape index (κ1) is 21.2. The maximum absolute atomic E-state index is 10.8. The molecular weight excluding hydrogens is 406 g/mol.